The van der Waals surface area contributed by atoms with E-state index in [0.717, 1.165) is 25.3 Å². The maximum atomic E-state index is 13.5. The van der Waals surface area contributed by atoms with E-state index in [9.17, 15) is 12.8 Å². The monoisotopic (exact) mass is 314 g/mol. The molecule has 0 amide bonds. The van der Waals surface area contributed by atoms with Crippen LogP contribution in [0.1, 0.15) is 19.3 Å². The van der Waals surface area contributed by atoms with Crippen LogP contribution >= 0.6 is 0 Å². The van der Waals surface area contributed by atoms with E-state index in [1.807, 2.05) is 0 Å². The summed E-state index contributed by atoms with van der Waals surface area (Å²) < 4.78 is 40.7. The highest BCUT2D eigenvalue weighted by atomic mass is 32.2. The van der Waals surface area contributed by atoms with Crippen molar-refractivity contribution >= 4 is 15.7 Å². The van der Waals surface area contributed by atoms with Crippen LogP contribution in [0.2, 0.25) is 0 Å². The summed E-state index contributed by atoms with van der Waals surface area (Å²) in [6.45, 7) is 0.602. The average Bonchev–Trinajstić information content (AvgIpc) is 3.25. The minimum absolute atomic E-state index is 0.0384. The molecule has 116 valence electrons. The number of aliphatic hydroxyl groups excluding tert-OH is 1. The molecule has 1 aliphatic carbocycles. The van der Waals surface area contributed by atoms with Gasteiger partial charge in [-0.15, -0.1) is 0 Å². The van der Waals surface area contributed by atoms with Gasteiger partial charge in [0, 0.05) is 19.1 Å². The molecule has 0 aromatic heterocycles. The fourth-order valence-electron chi connectivity index (χ4n) is 3.04. The quantitative estimate of drug-likeness (QED) is 0.862. The van der Waals surface area contributed by atoms with Gasteiger partial charge in [-0.3, -0.25) is 0 Å². The maximum absolute atomic E-state index is 13.5. The Kier molecular flexibility index (Phi) is 3.90. The Morgan fingerprint density at radius 3 is 3.00 bits per heavy atom. The Balaban J connectivity index is 1.95. The van der Waals surface area contributed by atoms with Gasteiger partial charge in [0.15, 0.2) is 0 Å². The molecule has 0 spiro atoms. The van der Waals surface area contributed by atoms with E-state index in [0.29, 0.717) is 18.2 Å². The van der Waals surface area contributed by atoms with Crippen molar-refractivity contribution in [2.24, 2.45) is 5.92 Å². The van der Waals surface area contributed by atoms with Crippen LogP contribution in [0.4, 0.5) is 10.1 Å². The molecule has 2 unspecified atom stereocenters. The predicted molar refractivity (Wildman–Crippen MR) is 77.0 cm³/mol. The Morgan fingerprint density at radius 2 is 2.24 bits per heavy atom. The minimum Gasteiger partial charge on any atom is -0.395 e. The molecule has 0 bridgehead atoms. The fraction of sp³-hybridized carbons (Fsp3) is 0.571. The highest BCUT2D eigenvalue weighted by Gasteiger charge is 2.49. The molecule has 5 nitrogen and oxygen atoms in total. The van der Waals surface area contributed by atoms with Gasteiger partial charge in [0.1, 0.15) is 10.7 Å². The van der Waals surface area contributed by atoms with Gasteiger partial charge in [-0.1, -0.05) is 0 Å². The molecule has 2 N–H and O–H groups in total. The number of halogens is 1. The van der Waals surface area contributed by atoms with E-state index >= 15 is 0 Å². The third kappa shape index (κ3) is 2.77. The van der Waals surface area contributed by atoms with Crippen molar-refractivity contribution in [1.82, 2.24) is 4.31 Å². The number of nitrogens with zero attached hydrogens (tertiary/aromatic N) is 1. The van der Waals surface area contributed by atoms with Gasteiger partial charge in [0.25, 0.3) is 0 Å². The molecule has 1 aliphatic heterocycles. The standard InChI is InChI=1S/C14H19FN2O3S/c15-11-3-4-12(16-5-7-18)14(9-11)21(19,20)17-6-1-2-10-8-13(10)17/h3-4,9-10,13,16,18H,1-2,5-8H2. The van der Waals surface area contributed by atoms with Crippen molar-refractivity contribution in [3.63, 3.8) is 0 Å². The van der Waals surface area contributed by atoms with Crippen LogP contribution in [-0.2, 0) is 10.0 Å². The number of piperidine rings is 1. The summed E-state index contributed by atoms with van der Waals surface area (Å²) in [5.41, 5.74) is 0.341. The van der Waals surface area contributed by atoms with E-state index in [1.165, 1.54) is 16.4 Å². The highest BCUT2D eigenvalue weighted by molar-refractivity contribution is 7.89. The van der Waals surface area contributed by atoms with E-state index in [4.69, 9.17) is 5.11 Å². The summed E-state index contributed by atoms with van der Waals surface area (Å²) in [5.74, 6) is -0.108. The van der Waals surface area contributed by atoms with Gasteiger partial charge in [0.2, 0.25) is 10.0 Å². The average molecular weight is 314 g/mol. The predicted octanol–water partition coefficient (Wildman–Crippen LogP) is 1.40. The lowest BCUT2D eigenvalue weighted by Gasteiger charge is -2.27. The fourth-order valence-corrected chi connectivity index (χ4v) is 4.96. The van der Waals surface area contributed by atoms with Crippen LogP contribution in [0, 0.1) is 11.7 Å². The zero-order valence-corrected chi connectivity index (χ0v) is 12.4. The number of aliphatic hydroxyl groups is 1. The zero-order valence-electron chi connectivity index (χ0n) is 11.6. The van der Waals surface area contributed by atoms with Crippen molar-refractivity contribution in [3.05, 3.63) is 24.0 Å². The van der Waals surface area contributed by atoms with Gasteiger partial charge in [-0.25, -0.2) is 12.8 Å². The molecular formula is C14H19FN2O3S. The molecule has 1 aromatic carbocycles. The molecule has 2 aliphatic rings. The molecule has 1 aromatic rings. The van der Waals surface area contributed by atoms with Crippen molar-refractivity contribution in [1.29, 1.82) is 0 Å². The topological polar surface area (TPSA) is 69.6 Å². The number of fused-ring (bicyclic) bond motifs is 1. The normalized spacial score (nSPS) is 25.4. The maximum Gasteiger partial charge on any atom is 0.245 e. The summed E-state index contributed by atoms with van der Waals surface area (Å²) in [7, 11) is -3.70. The SMILES string of the molecule is O=S(=O)(c1cc(F)ccc1NCCO)N1CCCC2CC21. The first kappa shape index (κ1) is 14.7. The number of hydrogen-bond donors (Lipinski definition) is 2. The number of benzene rings is 1. The second-order valence-corrected chi connectivity index (χ2v) is 7.47. The van der Waals surface area contributed by atoms with Crippen molar-refractivity contribution in [3.8, 4) is 0 Å². The highest BCUT2D eigenvalue weighted by Crippen LogP contribution is 2.45. The van der Waals surface area contributed by atoms with Gasteiger partial charge in [0.05, 0.1) is 12.3 Å². The minimum atomic E-state index is -3.70. The molecular weight excluding hydrogens is 295 g/mol. The number of anilines is 1. The third-order valence-corrected chi connectivity index (χ3v) is 6.13. The molecule has 3 rings (SSSR count). The summed E-state index contributed by atoms with van der Waals surface area (Å²) in [5, 5.41) is 11.7. The van der Waals surface area contributed by atoms with Crippen molar-refractivity contribution in [2.75, 3.05) is 25.0 Å². The largest absolute Gasteiger partial charge is 0.395 e. The molecule has 1 saturated carbocycles. The summed E-state index contributed by atoms with van der Waals surface area (Å²) >= 11 is 0. The first-order valence-corrected chi connectivity index (χ1v) is 8.64. The van der Waals surface area contributed by atoms with Crippen molar-refractivity contribution in [2.45, 2.75) is 30.2 Å². The summed E-state index contributed by atoms with van der Waals surface area (Å²) in [6.07, 6.45) is 2.85. The van der Waals surface area contributed by atoms with Crippen LogP contribution in [0.25, 0.3) is 0 Å². The second kappa shape index (κ2) is 5.55. The van der Waals surface area contributed by atoms with E-state index in [2.05, 4.69) is 5.32 Å². The van der Waals surface area contributed by atoms with Gasteiger partial charge >= 0.3 is 0 Å². The lowest BCUT2D eigenvalue weighted by molar-refractivity contribution is 0.311. The Labute approximate surface area is 123 Å². The molecule has 1 saturated heterocycles. The number of nitrogens with one attached hydrogen (secondary N) is 1. The van der Waals surface area contributed by atoms with Gasteiger partial charge < -0.3 is 10.4 Å². The molecule has 0 radical (unpaired) electrons. The Morgan fingerprint density at radius 1 is 1.43 bits per heavy atom. The van der Waals surface area contributed by atoms with Crippen LogP contribution in [0.5, 0.6) is 0 Å². The summed E-state index contributed by atoms with van der Waals surface area (Å²) in [4.78, 5) is -0.0384. The Hall–Kier alpha value is -1.18. The first-order valence-electron chi connectivity index (χ1n) is 7.20. The van der Waals surface area contributed by atoms with E-state index in [1.54, 1.807) is 0 Å². The lowest BCUT2D eigenvalue weighted by Crippen LogP contribution is -2.37. The zero-order chi connectivity index (χ0) is 15.0. The number of hydrogen-bond acceptors (Lipinski definition) is 4. The Bertz CT molecular complexity index is 635. The lowest BCUT2D eigenvalue weighted by atomic mass is 10.2. The van der Waals surface area contributed by atoms with Crippen molar-refractivity contribution < 1.29 is 17.9 Å². The number of sulfonamides is 1. The third-order valence-electron chi connectivity index (χ3n) is 4.17. The molecule has 2 fully saturated rings. The van der Waals surface area contributed by atoms with Crippen LogP contribution in [0.15, 0.2) is 23.1 Å². The first-order chi connectivity index (χ1) is 10.0. The van der Waals surface area contributed by atoms with E-state index < -0.39 is 15.8 Å². The molecule has 1 heterocycles. The van der Waals surface area contributed by atoms with E-state index in [-0.39, 0.29) is 24.1 Å². The number of rotatable bonds is 5. The van der Waals surface area contributed by atoms with Crippen LogP contribution < -0.4 is 5.32 Å². The van der Waals surface area contributed by atoms with Gasteiger partial charge in [-0.05, 0) is 43.4 Å². The molecule has 2 atom stereocenters. The van der Waals surface area contributed by atoms with Crippen LogP contribution in [-0.4, -0.2) is 43.6 Å². The summed E-state index contributed by atoms with van der Waals surface area (Å²) in [6, 6.07) is 3.76. The van der Waals surface area contributed by atoms with Gasteiger partial charge in [-0.2, -0.15) is 4.31 Å². The van der Waals surface area contributed by atoms with Crippen LogP contribution in [0.3, 0.4) is 0 Å². The molecule has 7 heteroatoms. The molecule has 21 heavy (non-hydrogen) atoms. The second-order valence-electron chi connectivity index (χ2n) is 5.61. The smallest absolute Gasteiger partial charge is 0.245 e.